The highest BCUT2D eigenvalue weighted by molar-refractivity contribution is 14.1. The first-order valence-electron chi connectivity index (χ1n) is 4.39. The van der Waals surface area contributed by atoms with E-state index < -0.39 is 5.82 Å². The minimum atomic E-state index is -0.690. The van der Waals surface area contributed by atoms with Crippen molar-refractivity contribution in [1.29, 1.82) is 15.8 Å². The lowest BCUT2D eigenvalue weighted by Gasteiger charge is -2.08. The number of nitriles is 3. The van der Waals surface area contributed by atoms with Gasteiger partial charge in [-0.1, -0.05) is 0 Å². The number of anilines is 1. The molecule has 1 aromatic rings. The summed E-state index contributed by atoms with van der Waals surface area (Å²) in [6.07, 6.45) is 1.13. The Labute approximate surface area is 125 Å². The molecule has 1 rings (SSSR count). The quantitative estimate of drug-likeness (QED) is 0.455. The number of halogens is 3. The SMILES string of the molecule is N#CC(C#N)=CNc1c(I)cc(Br)c(F)c1C#N. The number of rotatable bonds is 2. The average Bonchev–Trinajstić information content (AvgIpc) is 2.36. The van der Waals surface area contributed by atoms with Crippen molar-refractivity contribution >= 4 is 44.2 Å². The third kappa shape index (κ3) is 2.98. The Kier molecular flexibility index (Phi) is 5.08. The molecule has 0 radical (unpaired) electrons. The fraction of sp³-hybridized carbons (Fsp3) is 0. The van der Waals surface area contributed by atoms with Gasteiger partial charge in [-0.05, 0) is 44.6 Å². The summed E-state index contributed by atoms with van der Waals surface area (Å²) in [5, 5.41) is 28.7. The Morgan fingerprint density at radius 3 is 2.50 bits per heavy atom. The van der Waals surface area contributed by atoms with Crippen LogP contribution in [0.2, 0.25) is 0 Å². The molecule has 0 heterocycles. The number of benzene rings is 1. The van der Waals surface area contributed by atoms with Crippen LogP contribution in [0.1, 0.15) is 5.56 Å². The molecule has 0 saturated carbocycles. The maximum atomic E-state index is 13.7. The summed E-state index contributed by atoms with van der Waals surface area (Å²) in [5.41, 5.74) is -0.125. The van der Waals surface area contributed by atoms with Crippen LogP contribution in [0.5, 0.6) is 0 Å². The molecule has 0 aliphatic carbocycles. The highest BCUT2D eigenvalue weighted by atomic mass is 127. The summed E-state index contributed by atoms with van der Waals surface area (Å²) in [7, 11) is 0. The number of nitrogens with zero attached hydrogens (tertiary/aromatic N) is 3. The number of hydrogen-bond donors (Lipinski definition) is 1. The lowest BCUT2D eigenvalue weighted by atomic mass is 10.2. The van der Waals surface area contributed by atoms with E-state index in [1.54, 1.807) is 18.2 Å². The van der Waals surface area contributed by atoms with Crippen LogP contribution >= 0.6 is 38.5 Å². The van der Waals surface area contributed by atoms with Crippen molar-refractivity contribution in [2.24, 2.45) is 0 Å². The Hall–Kier alpha value is -1.63. The summed E-state index contributed by atoms with van der Waals surface area (Å²) in [5.74, 6) is -0.690. The lowest BCUT2D eigenvalue weighted by Crippen LogP contribution is -2.00. The van der Waals surface area contributed by atoms with Crippen molar-refractivity contribution in [2.75, 3.05) is 5.32 Å². The van der Waals surface area contributed by atoms with Crippen molar-refractivity contribution in [3.8, 4) is 18.2 Å². The molecule has 0 amide bonds. The largest absolute Gasteiger partial charge is 0.358 e. The van der Waals surface area contributed by atoms with Gasteiger partial charge in [0.15, 0.2) is 5.82 Å². The van der Waals surface area contributed by atoms with Crippen LogP contribution < -0.4 is 5.32 Å². The third-order valence-electron chi connectivity index (χ3n) is 1.88. The van der Waals surface area contributed by atoms with Gasteiger partial charge in [-0.25, -0.2) is 4.39 Å². The second kappa shape index (κ2) is 6.34. The monoisotopic (exact) mass is 416 g/mol. The normalized spacial score (nSPS) is 8.67. The van der Waals surface area contributed by atoms with E-state index in [1.165, 1.54) is 6.07 Å². The van der Waals surface area contributed by atoms with Gasteiger partial charge in [-0.15, -0.1) is 0 Å². The van der Waals surface area contributed by atoms with Gasteiger partial charge in [0.2, 0.25) is 0 Å². The van der Waals surface area contributed by atoms with Crippen molar-refractivity contribution in [3.63, 3.8) is 0 Å². The van der Waals surface area contributed by atoms with E-state index in [9.17, 15) is 4.39 Å². The average molecular weight is 417 g/mol. The standard InChI is InChI=1S/C11H3BrFIN4/c12-8-1-9(14)11(7(4-17)10(8)13)18-5-6(2-15)3-16/h1,5,18H. The summed E-state index contributed by atoms with van der Waals surface area (Å²) < 4.78 is 14.4. The first-order valence-corrected chi connectivity index (χ1v) is 6.26. The van der Waals surface area contributed by atoms with Crippen LogP contribution in [0.4, 0.5) is 10.1 Å². The Bertz CT molecular complexity index is 633. The van der Waals surface area contributed by atoms with Gasteiger partial charge in [0, 0.05) is 9.77 Å². The van der Waals surface area contributed by atoms with Crippen molar-refractivity contribution < 1.29 is 4.39 Å². The summed E-state index contributed by atoms with van der Waals surface area (Å²) in [4.78, 5) is 0. The fourth-order valence-corrected chi connectivity index (χ4v) is 2.67. The molecule has 88 valence electrons. The lowest BCUT2D eigenvalue weighted by molar-refractivity contribution is 0.617. The Balaban J connectivity index is 3.32. The van der Waals surface area contributed by atoms with Crippen LogP contribution in [0.3, 0.4) is 0 Å². The predicted molar refractivity (Wildman–Crippen MR) is 74.5 cm³/mol. The van der Waals surface area contributed by atoms with Crippen LogP contribution in [-0.4, -0.2) is 0 Å². The first-order chi connectivity index (χ1) is 8.54. The van der Waals surface area contributed by atoms with Crippen LogP contribution in [-0.2, 0) is 0 Å². The Morgan fingerprint density at radius 1 is 1.39 bits per heavy atom. The number of allylic oxidation sites excluding steroid dienone is 1. The molecule has 0 unspecified atom stereocenters. The van der Waals surface area contributed by atoms with Gasteiger partial charge in [0.25, 0.3) is 0 Å². The maximum absolute atomic E-state index is 13.7. The molecule has 1 N–H and O–H groups in total. The van der Waals surface area contributed by atoms with Crippen LogP contribution in [0, 0.1) is 43.4 Å². The van der Waals surface area contributed by atoms with Gasteiger partial charge >= 0.3 is 0 Å². The summed E-state index contributed by atoms with van der Waals surface area (Å²) in [6, 6.07) is 6.54. The van der Waals surface area contributed by atoms with Crippen molar-refractivity contribution in [2.45, 2.75) is 0 Å². The molecule has 4 nitrogen and oxygen atoms in total. The fourth-order valence-electron chi connectivity index (χ4n) is 1.08. The molecule has 0 spiro atoms. The molecule has 0 aromatic heterocycles. The van der Waals surface area contributed by atoms with Gasteiger partial charge in [-0.3, -0.25) is 0 Å². The molecule has 0 fully saturated rings. The summed E-state index contributed by atoms with van der Waals surface area (Å²) in [6.45, 7) is 0. The van der Waals surface area contributed by atoms with Crippen LogP contribution in [0.15, 0.2) is 22.3 Å². The second-order valence-corrected chi connectivity index (χ2v) is 4.96. The molecule has 0 bridgehead atoms. The molecule has 0 saturated heterocycles. The van der Waals surface area contributed by atoms with Crippen molar-refractivity contribution in [1.82, 2.24) is 0 Å². The highest BCUT2D eigenvalue weighted by Gasteiger charge is 2.15. The molecule has 7 heteroatoms. The zero-order chi connectivity index (χ0) is 13.7. The molecular weight excluding hydrogens is 414 g/mol. The van der Waals surface area contributed by atoms with E-state index in [-0.39, 0.29) is 21.3 Å². The zero-order valence-corrected chi connectivity index (χ0v) is 12.4. The van der Waals surface area contributed by atoms with Gasteiger partial charge in [0.1, 0.15) is 29.3 Å². The number of nitrogens with one attached hydrogen (secondary N) is 1. The molecular formula is C11H3BrFIN4. The molecule has 0 aliphatic heterocycles. The highest BCUT2D eigenvalue weighted by Crippen LogP contribution is 2.30. The molecule has 1 aromatic carbocycles. The first kappa shape index (κ1) is 14.4. The minimum absolute atomic E-state index is 0.169. The van der Waals surface area contributed by atoms with Gasteiger partial charge < -0.3 is 5.32 Å². The summed E-state index contributed by atoms with van der Waals surface area (Å²) >= 11 is 4.92. The van der Waals surface area contributed by atoms with Gasteiger partial charge in [-0.2, -0.15) is 15.8 Å². The van der Waals surface area contributed by atoms with E-state index in [0.717, 1.165) is 6.20 Å². The minimum Gasteiger partial charge on any atom is -0.358 e. The smallest absolute Gasteiger partial charge is 0.157 e. The van der Waals surface area contributed by atoms with Crippen molar-refractivity contribution in [3.05, 3.63) is 37.3 Å². The van der Waals surface area contributed by atoms with Gasteiger partial charge in [0.05, 0.1) is 10.2 Å². The molecule has 18 heavy (non-hydrogen) atoms. The molecule has 0 atom stereocenters. The predicted octanol–water partition coefficient (Wildman–Crippen LogP) is 3.41. The Morgan fingerprint density at radius 2 is 2.00 bits per heavy atom. The van der Waals surface area contributed by atoms with E-state index in [2.05, 4.69) is 21.2 Å². The van der Waals surface area contributed by atoms with E-state index in [4.69, 9.17) is 15.8 Å². The maximum Gasteiger partial charge on any atom is 0.157 e. The van der Waals surface area contributed by atoms with E-state index >= 15 is 0 Å². The third-order valence-corrected chi connectivity index (χ3v) is 3.31. The molecule has 0 aliphatic rings. The van der Waals surface area contributed by atoms with Crippen LogP contribution in [0.25, 0.3) is 0 Å². The van der Waals surface area contributed by atoms with E-state index in [0.29, 0.717) is 3.57 Å². The van der Waals surface area contributed by atoms with E-state index in [1.807, 2.05) is 22.6 Å². The zero-order valence-electron chi connectivity index (χ0n) is 8.63. The topological polar surface area (TPSA) is 83.4 Å². The number of hydrogen-bond acceptors (Lipinski definition) is 4. The second-order valence-electron chi connectivity index (χ2n) is 2.94.